The molecule has 74 valence electrons. The second-order valence-electron chi connectivity index (χ2n) is 4.62. The highest BCUT2D eigenvalue weighted by Gasteiger charge is 2.33. The lowest BCUT2D eigenvalue weighted by molar-refractivity contribution is 0.100. The predicted octanol–water partition coefficient (Wildman–Crippen LogP) is 2.89. The Morgan fingerprint density at radius 1 is 1.54 bits per heavy atom. The second kappa shape index (κ2) is 3.83. The smallest absolute Gasteiger partial charge is 0.0753 e. The zero-order valence-electron chi connectivity index (χ0n) is 8.50. The normalized spacial score (nSPS) is 38.6. The van der Waals surface area contributed by atoms with Crippen molar-refractivity contribution in [2.75, 3.05) is 0 Å². The van der Waals surface area contributed by atoms with Crippen LogP contribution in [0.15, 0.2) is 11.6 Å². The fraction of sp³-hybridized carbons (Fsp3) is 0.833. The molecule has 0 aromatic carbocycles. The van der Waals surface area contributed by atoms with Crippen molar-refractivity contribution in [2.24, 2.45) is 11.8 Å². The van der Waals surface area contributed by atoms with E-state index in [1.165, 1.54) is 37.7 Å². The summed E-state index contributed by atoms with van der Waals surface area (Å²) in [7, 11) is 0. The van der Waals surface area contributed by atoms with Crippen LogP contribution in [0.1, 0.15) is 45.4 Å². The summed E-state index contributed by atoms with van der Waals surface area (Å²) in [6.45, 7) is 2.25. The summed E-state index contributed by atoms with van der Waals surface area (Å²) in [6, 6.07) is 0. The van der Waals surface area contributed by atoms with Crippen LogP contribution in [0.4, 0.5) is 0 Å². The van der Waals surface area contributed by atoms with Gasteiger partial charge in [0.15, 0.2) is 0 Å². The van der Waals surface area contributed by atoms with Crippen molar-refractivity contribution in [1.82, 2.24) is 0 Å². The van der Waals surface area contributed by atoms with Gasteiger partial charge in [-0.1, -0.05) is 25.8 Å². The van der Waals surface area contributed by atoms with Crippen LogP contribution >= 0.6 is 0 Å². The van der Waals surface area contributed by atoms with E-state index in [1.807, 2.05) is 0 Å². The highest BCUT2D eigenvalue weighted by atomic mass is 16.3. The van der Waals surface area contributed by atoms with Crippen LogP contribution in [0.2, 0.25) is 0 Å². The van der Waals surface area contributed by atoms with Gasteiger partial charge in [0.1, 0.15) is 0 Å². The molecule has 0 aliphatic heterocycles. The number of aliphatic hydroxyl groups excluding tert-OH is 1. The van der Waals surface area contributed by atoms with Crippen LogP contribution in [0.3, 0.4) is 0 Å². The number of allylic oxidation sites excluding steroid dienone is 1. The molecule has 1 saturated carbocycles. The molecule has 13 heavy (non-hydrogen) atoms. The van der Waals surface area contributed by atoms with Crippen molar-refractivity contribution < 1.29 is 5.11 Å². The maximum absolute atomic E-state index is 9.85. The molecule has 2 bridgehead atoms. The topological polar surface area (TPSA) is 20.2 Å². The highest BCUT2D eigenvalue weighted by Crippen LogP contribution is 2.41. The van der Waals surface area contributed by atoms with Gasteiger partial charge in [-0.2, -0.15) is 0 Å². The van der Waals surface area contributed by atoms with E-state index in [0.29, 0.717) is 0 Å². The first-order valence-corrected chi connectivity index (χ1v) is 5.68. The zero-order chi connectivity index (χ0) is 9.26. The third-order valence-corrected chi connectivity index (χ3v) is 3.72. The molecule has 0 unspecified atom stereocenters. The molecule has 0 amide bonds. The van der Waals surface area contributed by atoms with E-state index in [-0.39, 0.29) is 6.10 Å². The van der Waals surface area contributed by atoms with Crippen molar-refractivity contribution in [3.05, 3.63) is 11.6 Å². The third kappa shape index (κ3) is 1.80. The summed E-state index contributed by atoms with van der Waals surface area (Å²) >= 11 is 0. The van der Waals surface area contributed by atoms with Gasteiger partial charge in [-0.15, -0.1) is 0 Å². The Bertz CT molecular complexity index is 207. The Kier molecular flexibility index (Phi) is 2.73. The van der Waals surface area contributed by atoms with Crippen LogP contribution in [0, 0.1) is 11.8 Å². The van der Waals surface area contributed by atoms with E-state index >= 15 is 0 Å². The van der Waals surface area contributed by atoms with Crippen molar-refractivity contribution in [2.45, 2.75) is 51.6 Å². The molecule has 0 radical (unpaired) electrons. The quantitative estimate of drug-likeness (QED) is 0.648. The molecule has 1 N–H and O–H groups in total. The molecule has 2 aliphatic rings. The molecule has 0 heterocycles. The van der Waals surface area contributed by atoms with Crippen LogP contribution in [-0.2, 0) is 0 Å². The Hall–Kier alpha value is -0.300. The molecule has 0 aromatic rings. The number of rotatable bonds is 2. The van der Waals surface area contributed by atoms with Crippen LogP contribution in [0.5, 0.6) is 0 Å². The van der Waals surface area contributed by atoms with Crippen molar-refractivity contribution in [3.8, 4) is 0 Å². The monoisotopic (exact) mass is 180 g/mol. The minimum absolute atomic E-state index is 0.104. The molecule has 1 heteroatoms. The summed E-state index contributed by atoms with van der Waals surface area (Å²) in [5, 5.41) is 9.85. The van der Waals surface area contributed by atoms with E-state index in [9.17, 15) is 5.11 Å². The highest BCUT2D eigenvalue weighted by molar-refractivity contribution is 5.16. The van der Waals surface area contributed by atoms with Gasteiger partial charge >= 0.3 is 0 Å². The number of hydrogen-bond donors (Lipinski definition) is 1. The molecule has 0 aromatic heterocycles. The summed E-state index contributed by atoms with van der Waals surface area (Å²) < 4.78 is 0. The molecule has 2 aliphatic carbocycles. The largest absolute Gasteiger partial charge is 0.389 e. The number of hydrogen-bond acceptors (Lipinski definition) is 1. The maximum Gasteiger partial charge on any atom is 0.0753 e. The van der Waals surface area contributed by atoms with Gasteiger partial charge in [0.25, 0.3) is 0 Å². The lowest BCUT2D eigenvalue weighted by Crippen LogP contribution is -2.31. The van der Waals surface area contributed by atoms with Gasteiger partial charge in [-0.25, -0.2) is 0 Å². The summed E-state index contributed by atoms with van der Waals surface area (Å²) in [4.78, 5) is 0. The van der Waals surface area contributed by atoms with Gasteiger partial charge < -0.3 is 5.11 Å². The molecule has 2 rings (SSSR count). The minimum atomic E-state index is -0.104. The van der Waals surface area contributed by atoms with Crippen LogP contribution in [0.25, 0.3) is 0 Å². The second-order valence-corrected chi connectivity index (χ2v) is 4.62. The zero-order valence-corrected chi connectivity index (χ0v) is 8.50. The van der Waals surface area contributed by atoms with Crippen LogP contribution in [-0.4, -0.2) is 11.2 Å². The Balaban J connectivity index is 2.05. The lowest BCUT2D eigenvalue weighted by atomic mass is 9.69. The number of aliphatic hydroxyl groups is 1. The van der Waals surface area contributed by atoms with Crippen molar-refractivity contribution in [1.29, 1.82) is 0 Å². The molecule has 1 nitrogen and oxygen atoms in total. The summed E-state index contributed by atoms with van der Waals surface area (Å²) in [6.07, 6.45) is 9.53. The van der Waals surface area contributed by atoms with Gasteiger partial charge in [-0.05, 0) is 43.1 Å². The van der Waals surface area contributed by atoms with Gasteiger partial charge in [-0.3, -0.25) is 0 Å². The van der Waals surface area contributed by atoms with Crippen molar-refractivity contribution in [3.63, 3.8) is 0 Å². The first kappa shape index (κ1) is 9.26. The standard InChI is InChI=1S/C12H20O/c1-2-4-9-8-12(13)11-6-3-5-10(9)7-11/h6,9-10,12-13H,2-5,7-8H2,1H3/t9-,10+,12-/m0/s1. The lowest BCUT2D eigenvalue weighted by Gasteiger charge is -2.38. The molecule has 0 saturated heterocycles. The first-order chi connectivity index (χ1) is 6.31. The summed E-state index contributed by atoms with van der Waals surface area (Å²) in [5.74, 6) is 1.70. The molecule has 0 spiro atoms. The van der Waals surface area contributed by atoms with Gasteiger partial charge in [0, 0.05) is 0 Å². The SMILES string of the molecule is CCC[C@H]1C[C@H](O)C2=CCC[C@@H]1C2. The average Bonchev–Trinajstić information content (AvgIpc) is 2.16. The van der Waals surface area contributed by atoms with E-state index < -0.39 is 0 Å². The third-order valence-electron chi connectivity index (χ3n) is 3.72. The minimum Gasteiger partial charge on any atom is -0.389 e. The molecular formula is C12H20O. The summed E-state index contributed by atoms with van der Waals surface area (Å²) in [5.41, 5.74) is 1.34. The van der Waals surface area contributed by atoms with Gasteiger partial charge in [0.2, 0.25) is 0 Å². The van der Waals surface area contributed by atoms with E-state index in [0.717, 1.165) is 18.3 Å². The predicted molar refractivity (Wildman–Crippen MR) is 54.4 cm³/mol. The first-order valence-electron chi connectivity index (χ1n) is 5.68. The Morgan fingerprint density at radius 2 is 2.38 bits per heavy atom. The van der Waals surface area contributed by atoms with E-state index in [1.54, 1.807) is 0 Å². The average molecular weight is 180 g/mol. The fourth-order valence-corrected chi connectivity index (χ4v) is 3.00. The van der Waals surface area contributed by atoms with Crippen LogP contribution < -0.4 is 0 Å². The molecular weight excluding hydrogens is 160 g/mol. The molecule has 3 atom stereocenters. The van der Waals surface area contributed by atoms with E-state index in [2.05, 4.69) is 13.0 Å². The van der Waals surface area contributed by atoms with E-state index in [4.69, 9.17) is 0 Å². The van der Waals surface area contributed by atoms with Gasteiger partial charge in [0.05, 0.1) is 6.10 Å². The fourth-order valence-electron chi connectivity index (χ4n) is 3.00. The molecule has 1 fully saturated rings. The number of fused-ring (bicyclic) bond motifs is 2. The maximum atomic E-state index is 9.85. The Labute approximate surface area is 80.8 Å². The van der Waals surface area contributed by atoms with Crippen molar-refractivity contribution >= 4 is 0 Å². The Morgan fingerprint density at radius 3 is 3.15 bits per heavy atom.